The molecule has 1 aliphatic rings. The molecule has 1 aliphatic heterocycles. The third-order valence-corrected chi connectivity index (χ3v) is 2.70. The van der Waals surface area contributed by atoms with Crippen LogP contribution in [0.3, 0.4) is 0 Å². The molecular formula is C11H12O2. The van der Waals surface area contributed by atoms with Gasteiger partial charge in [0.25, 0.3) is 0 Å². The number of carbonyl (C=O) groups excluding carboxylic acids is 1. The van der Waals surface area contributed by atoms with Crippen molar-refractivity contribution in [2.45, 2.75) is 25.9 Å². The van der Waals surface area contributed by atoms with Gasteiger partial charge in [0.1, 0.15) is 11.9 Å². The molecule has 2 heteroatoms. The molecule has 0 radical (unpaired) electrons. The van der Waals surface area contributed by atoms with Crippen LogP contribution < -0.4 is 4.74 Å². The van der Waals surface area contributed by atoms with Crippen LogP contribution in [0.15, 0.2) is 18.2 Å². The maximum absolute atomic E-state index is 10.7. The van der Waals surface area contributed by atoms with Gasteiger partial charge in [-0.3, -0.25) is 4.79 Å². The average Bonchev–Trinajstić information content (AvgIpc) is 2.43. The number of fused-ring (bicyclic) bond motifs is 1. The highest BCUT2D eigenvalue weighted by atomic mass is 16.5. The van der Waals surface area contributed by atoms with E-state index in [2.05, 4.69) is 6.92 Å². The highest BCUT2D eigenvalue weighted by Crippen LogP contribution is 2.39. The van der Waals surface area contributed by atoms with E-state index in [1.807, 2.05) is 19.1 Å². The number of hydrogen-bond acceptors (Lipinski definition) is 2. The standard InChI is InChI=1S/C11H12O2/c1-7-8(2)13-11-9(6-12)4-3-5-10(7)11/h3-8H,1-2H3. The largest absolute Gasteiger partial charge is 0.489 e. The molecule has 0 aliphatic carbocycles. The monoisotopic (exact) mass is 176 g/mol. The van der Waals surface area contributed by atoms with Crippen LogP contribution in [-0.4, -0.2) is 12.4 Å². The molecule has 2 nitrogen and oxygen atoms in total. The molecule has 0 spiro atoms. The van der Waals surface area contributed by atoms with Gasteiger partial charge in [-0.05, 0) is 13.0 Å². The molecular weight excluding hydrogens is 164 g/mol. The fourth-order valence-corrected chi connectivity index (χ4v) is 1.70. The summed E-state index contributed by atoms with van der Waals surface area (Å²) in [7, 11) is 0. The number of rotatable bonds is 1. The van der Waals surface area contributed by atoms with Crippen LogP contribution in [0.25, 0.3) is 0 Å². The second-order valence-corrected chi connectivity index (χ2v) is 3.50. The van der Waals surface area contributed by atoms with Crippen molar-refractivity contribution in [1.29, 1.82) is 0 Å². The SMILES string of the molecule is CC1Oc2c(C=O)cccc2C1C. The quantitative estimate of drug-likeness (QED) is 0.614. The van der Waals surface area contributed by atoms with E-state index >= 15 is 0 Å². The summed E-state index contributed by atoms with van der Waals surface area (Å²) >= 11 is 0. The Kier molecular flexibility index (Phi) is 1.83. The number of aldehydes is 1. The zero-order chi connectivity index (χ0) is 9.42. The van der Waals surface area contributed by atoms with Gasteiger partial charge < -0.3 is 4.74 Å². The number of ether oxygens (including phenoxy) is 1. The molecule has 0 fully saturated rings. The van der Waals surface area contributed by atoms with Gasteiger partial charge in [-0.1, -0.05) is 19.1 Å². The van der Waals surface area contributed by atoms with Crippen molar-refractivity contribution in [2.75, 3.05) is 0 Å². The first-order chi connectivity index (χ1) is 6.24. The van der Waals surface area contributed by atoms with E-state index in [0.717, 1.165) is 17.6 Å². The molecule has 13 heavy (non-hydrogen) atoms. The van der Waals surface area contributed by atoms with Crippen LogP contribution in [0.1, 0.15) is 35.7 Å². The van der Waals surface area contributed by atoms with E-state index in [-0.39, 0.29) is 6.10 Å². The van der Waals surface area contributed by atoms with Crippen LogP contribution in [0, 0.1) is 0 Å². The number of benzene rings is 1. The second kappa shape index (κ2) is 2.87. The molecule has 2 atom stereocenters. The van der Waals surface area contributed by atoms with Gasteiger partial charge in [0.05, 0.1) is 5.56 Å². The molecule has 1 aromatic rings. The van der Waals surface area contributed by atoms with Gasteiger partial charge in [0, 0.05) is 11.5 Å². The first kappa shape index (κ1) is 8.30. The number of para-hydroxylation sites is 1. The zero-order valence-corrected chi connectivity index (χ0v) is 7.78. The second-order valence-electron chi connectivity index (χ2n) is 3.50. The summed E-state index contributed by atoms with van der Waals surface area (Å²) < 4.78 is 5.61. The molecule has 0 aromatic heterocycles. The van der Waals surface area contributed by atoms with Crippen molar-refractivity contribution < 1.29 is 9.53 Å². The van der Waals surface area contributed by atoms with E-state index in [4.69, 9.17) is 4.74 Å². The molecule has 0 saturated carbocycles. The fourth-order valence-electron chi connectivity index (χ4n) is 1.70. The predicted molar refractivity (Wildman–Crippen MR) is 50.3 cm³/mol. The Morgan fingerprint density at radius 3 is 2.85 bits per heavy atom. The lowest BCUT2D eigenvalue weighted by Crippen LogP contribution is -2.10. The van der Waals surface area contributed by atoms with Crippen molar-refractivity contribution >= 4 is 6.29 Å². The molecule has 68 valence electrons. The third kappa shape index (κ3) is 1.13. The molecule has 0 saturated heterocycles. The highest BCUT2D eigenvalue weighted by Gasteiger charge is 2.28. The van der Waals surface area contributed by atoms with Crippen LogP contribution in [-0.2, 0) is 0 Å². The van der Waals surface area contributed by atoms with Gasteiger partial charge in [-0.2, -0.15) is 0 Å². The Balaban J connectivity index is 2.55. The minimum Gasteiger partial charge on any atom is -0.489 e. The average molecular weight is 176 g/mol. The molecule has 1 aromatic carbocycles. The molecule has 0 amide bonds. The zero-order valence-electron chi connectivity index (χ0n) is 7.78. The number of carbonyl (C=O) groups is 1. The van der Waals surface area contributed by atoms with Crippen molar-refractivity contribution in [3.63, 3.8) is 0 Å². The molecule has 1 heterocycles. The molecule has 0 bridgehead atoms. The Hall–Kier alpha value is -1.31. The maximum atomic E-state index is 10.7. The summed E-state index contributed by atoms with van der Waals surface area (Å²) in [6.45, 7) is 4.14. The third-order valence-electron chi connectivity index (χ3n) is 2.70. The van der Waals surface area contributed by atoms with Crippen molar-refractivity contribution in [3.05, 3.63) is 29.3 Å². The van der Waals surface area contributed by atoms with Gasteiger partial charge in [-0.15, -0.1) is 0 Å². The Labute approximate surface area is 77.5 Å². The Bertz CT molecular complexity index is 344. The molecule has 0 N–H and O–H groups in total. The lowest BCUT2D eigenvalue weighted by Gasteiger charge is -2.07. The van der Waals surface area contributed by atoms with Crippen LogP contribution in [0.5, 0.6) is 5.75 Å². The summed E-state index contributed by atoms with van der Waals surface area (Å²) in [5.41, 5.74) is 1.81. The van der Waals surface area contributed by atoms with E-state index in [1.54, 1.807) is 6.07 Å². The van der Waals surface area contributed by atoms with E-state index in [9.17, 15) is 4.79 Å². The first-order valence-electron chi connectivity index (χ1n) is 4.48. The van der Waals surface area contributed by atoms with E-state index in [0.29, 0.717) is 11.5 Å². The van der Waals surface area contributed by atoms with Gasteiger partial charge in [-0.25, -0.2) is 0 Å². The molecule has 2 rings (SSSR count). The summed E-state index contributed by atoms with van der Waals surface area (Å²) in [6, 6.07) is 5.72. The maximum Gasteiger partial charge on any atom is 0.153 e. The summed E-state index contributed by atoms with van der Waals surface area (Å²) in [4.78, 5) is 10.7. The van der Waals surface area contributed by atoms with Crippen molar-refractivity contribution in [3.8, 4) is 5.75 Å². The van der Waals surface area contributed by atoms with Gasteiger partial charge >= 0.3 is 0 Å². The predicted octanol–water partition coefficient (Wildman–Crippen LogP) is 2.38. The first-order valence-corrected chi connectivity index (χ1v) is 4.48. The summed E-state index contributed by atoms with van der Waals surface area (Å²) in [5, 5.41) is 0. The highest BCUT2D eigenvalue weighted by molar-refractivity contribution is 5.80. The molecule has 2 unspecified atom stereocenters. The number of hydrogen-bond donors (Lipinski definition) is 0. The van der Waals surface area contributed by atoms with Crippen molar-refractivity contribution in [1.82, 2.24) is 0 Å². The van der Waals surface area contributed by atoms with Crippen LogP contribution in [0.4, 0.5) is 0 Å². The summed E-state index contributed by atoms with van der Waals surface area (Å²) in [5.74, 6) is 1.16. The normalized spacial score (nSPS) is 25.1. The minimum atomic E-state index is 0.177. The topological polar surface area (TPSA) is 26.3 Å². The van der Waals surface area contributed by atoms with Gasteiger partial charge in [0.2, 0.25) is 0 Å². The van der Waals surface area contributed by atoms with Crippen molar-refractivity contribution in [2.24, 2.45) is 0 Å². The minimum absolute atomic E-state index is 0.177. The smallest absolute Gasteiger partial charge is 0.153 e. The van der Waals surface area contributed by atoms with E-state index in [1.165, 1.54) is 0 Å². The van der Waals surface area contributed by atoms with E-state index < -0.39 is 0 Å². The lowest BCUT2D eigenvalue weighted by molar-refractivity contribution is 0.111. The van der Waals surface area contributed by atoms with Crippen LogP contribution >= 0.6 is 0 Å². The fraction of sp³-hybridized carbons (Fsp3) is 0.364. The Morgan fingerprint density at radius 1 is 1.38 bits per heavy atom. The van der Waals surface area contributed by atoms with Crippen LogP contribution in [0.2, 0.25) is 0 Å². The Morgan fingerprint density at radius 2 is 2.15 bits per heavy atom. The summed E-state index contributed by atoms with van der Waals surface area (Å²) in [6.07, 6.45) is 1.03. The lowest BCUT2D eigenvalue weighted by atomic mass is 9.97. The van der Waals surface area contributed by atoms with Gasteiger partial charge in [0.15, 0.2) is 6.29 Å².